The highest BCUT2D eigenvalue weighted by atomic mass is 19.2. The van der Waals surface area contributed by atoms with Crippen molar-refractivity contribution in [1.29, 1.82) is 0 Å². The van der Waals surface area contributed by atoms with Crippen LogP contribution in [0.4, 0.5) is 8.78 Å². The molecule has 0 amide bonds. The molecule has 0 aliphatic rings. The summed E-state index contributed by atoms with van der Waals surface area (Å²) in [5, 5.41) is 0. The van der Waals surface area contributed by atoms with Crippen LogP contribution in [0.3, 0.4) is 0 Å². The SMILES string of the molecule is CCc1ccc(-c2ccc(-c3ccc(-c4cccc(F)c4F)cc3)cc2)cc1. The second kappa shape index (κ2) is 7.77. The molecule has 0 saturated heterocycles. The van der Waals surface area contributed by atoms with Crippen molar-refractivity contribution in [2.45, 2.75) is 13.3 Å². The van der Waals surface area contributed by atoms with E-state index in [9.17, 15) is 8.78 Å². The summed E-state index contributed by atoms with van der Waals surface area (Å²) < 4.78 is 27.4. The van der Waals surface area contributed by atoms with E-state index in [1.807, 2.05) is 24.3 Å². The van der Waals surface area contributed by atoms with Crippen LogP contribution in [0.1, 0.15) is 12.5 Å². The summed E-state index contributed by atoms with van der Waals surface area (Å²) in [7, 11) is 0. The first-order valence-corrected chi connectivity index (χ1v) is 9.40. The van der Waals surface area contributed by atoms with Crippen molar-refractivity contribution in [3.05, 3.63) is 108 Å². The Balaban J connectivity index is 1.58. The maximum absolute atomic E-state index is 14.0. The molecule has 0 saturated carbocycles. The number of benzene rings is 4. The Morgan fingerprint density at radius 2 is 0.964 bits per heavy atom. The zero-order valence-corrected chi connectivity index (χ0v) is 15.6. The van der Waals surface area contributed by atoms with E-state index in [2.05, 4.69) is 55.5 Å². The zero-order valence-electron chi connectivity index (χ0n) is 15.6. The van der Waals surface area contributed by atoms with E-state index in [1.54, 1.807) is 6.07 Å². The van der Waals surface area contributed by atoms with Gasteiger partial charge in [0.1, 0.15) is 0 Å². The van der Waals surface area contributed by atoms with Gasteiger partial charge in [0.2, 0.25) is 0 Å². The molecule has 0 radical (unpaired) electrons. The lowest BCUT2D eigenvalue weighted by atomic mass is 9.97. The molecular formula is C26H20F2. The molecule has 0 atom stereocenters. The van der Waals surface area contributed by atoms with Crippen LogP contribution in [-0.2, 0) is 6.42 Å². The molecule has 0 spiro atoms. The third-order valence-electron chi connectivity index (χ3n) is 5.06. The number of hydrogen-bond acceptors (Lipinski definition) is 0. The molecule has 0 unspecified atom stereocenters. The maximum atomic E-state index is 14.0. The van der Waals surface area contributed by atoms with Gasteiger partial charge in [-0.3, -0.25) is 0 Å². The second-order valence-corrected chi connectivity index (χ2v) is 6.81. The predicted octanol–water partition coefficient (Wildman–Crippen LogP) is 7.53. The molecule has 4 aromatic carbocycles. The van der Waals surface area contributed by atoms with Gasteiger partial charge in [-0.25, -0.2) is 8.78 Å². The standard InChI is InChI=1S/C26H20F2/c1-2-18-6-8-19(9-7-18)20-10-12-21(13-11-20)22-14-16-23(17-15-22)24-4-3-5-25(27)26(24)28/h3-17H,2H2,1H3. The molecular weight excluding hydrogens is 350 g/mol. The van der Waals surface area contributed by atoms with E-state index in [0.717, 1.165) is 23.6 Å². The molecule has 0 aliphatic carbocycles. The first-order chi connectivity index (χ1) is 13.7. The molecule has 0 aliphatic heterocycles. The zero-order chi connectivity index (χ0) is 19.5. The molecule has 4 aromatic rings. The Morgan fingerprint density at radius 3 is 1.43 bits per heavy atom. The lowest BCUT2D eigenvalue weighted by Gasteiger charge is -2.08. The Hall–Kier alpha value is -3.26. The van der Waals surface area contributed by atoms with Crippen molar-refractivity contribution in [3.8, 4) is 33.4 Å². The Kier molecular flexibility index (Phi) is 5.03. The van der Waals surface area contributed by atoms with Gasteiger partial charge in [0, 0.05) is 5.56 Å². The van der Waals surface area contributed by atoms with E-state index in [-0.39, 0.29) is 5.56 Å². The van der Waals surface area contributed by atoms with Crippen molar-refractivity contribution < 1.29 is 8.78 Å². The molecule has 0 N–H and O–H groups in total. The van der Waals surface area contributed by atoms with Gasteiger partial charge in [-0.05, 0) is 45.9 Å². The molecule has 0 nitrogen and oxygen atoms in total. The van der Waals surface area contributed by atoms with Crippen LogP contribution in [-0.4, -0.2) is 0 Å². The second-order valence-electron chi connectivity index (χ2n) is 6.81. The highest BCUT2D eigenvalue weighted by molar-refractivity contribution is 5.73. The quantitative estimate of drug-likeness (QED) is 0.348. The molecule has 0 heterocycles. The molecule has 28 heavy (non-hydrogen) atoms. The molecule has 0 fully saturated rings. The van der Waals surface area contributed by atoms with Gasteiger partial charge >= 0.3 is 0 Å². The van der Waals surface area contributed by atoms with Gasteiger partial charge in [0.25, 0.3) is 0 Å². The summed E-state index contributed by atoms with van der Waals surface area (Å²) in [6.45, 7) is 2.15. The van der Waals surface area contributed by atoms with Crippen LogP contribution < -0.4 is 0 Å². The van der Waals surface area contributed by atoms with Crippen LogP contribution in [0.15, 0.2) is 91.0 Å². The van der Waals surface area contributed by atoms with Crippen molar-refractivity contribution in [3.63, 3.8) is 0 Å². The lowest BCUT2D eigenvalue weighted by Crippen LogP contribution is -1.89. The molecule has 138 valence electrons. The van der Waals surface area contributed by atoms with Gasteiger partial charge in [0.15, 0.2) is 11.6 Å². The van der Waals surface area contributed by atoms with E-state index in [4.69, 9.17) is 0 Å². The van der Waals surface area contributed by atoms with Gasteiger partial charge in [-0.15, -0.1) is 0 Å². The van der Waals surface area contributed by atoms with E-state index >= 15 is 0 Å². The highest BCUT2D eigenvalue weighted by Gasteiger charge is 2.09. The Labute approximate surface area is 164 Å². The number of halogens is 2. The minimum atomic E-state index is -0.830. The van der Waals surface area contributed by atoms with Crippen LogP contribution in [0.25, 0.3) is 33.4 Å². The van der Waals surface area contributed by atoms with Crippen LogP contribution in [0, 0.1) is 11.6 Å². The third-order valence-corrected chi connectivity index (χ3v) is 5.06. The van der Waals surface area contributed by atoms with Gasteiger partial charge in [-0.2, -0.15) is 0 Å². The average Bonchev–Trinajstić information content (AvgIpc) is 2.76. The fourth-order valence-corrected chi connectivity index (χ4v) is 3.36. The van der Waals surface area contributed by atoms with Crippen LogP contribution in [0.2, 0.25) is 0 Å². The van der Waals surface area contributed by atoms with Crippen LogP contribution >= 0.6 is 0 Å². The van der Waals surface area contributed by atoms with Crippen LogP contribution in [0.5, 0.6) is 0 Å². The monoisotopic (exact) mass is 370 g/mol. The minimum Gasteiger partial charge on any atom is -0.204 e. The largest absolute Gasteiger partial charge is 0.204 e. The van der Waals surface area contributed by atoms with Crippen molar-refractivity contribution in [1.82, 2.24) is 0 Å². The smallest absolute Gasteiger partial charge is 0.166 e. The van der Waals surface area contributed by atoms with E-state index in [0.29, 0.717) is 5.56 Å². The van der Waals surface area contributed by atoms with Gasteiger partial charge in [-0.1, -0.05) is 91.9 Å². The predicted molar refractivity (Wildman–Crippen MR) is 112 cm³/mol. The molecule has 4 rings (SSSR count). The topological polar surface area (TPSA) is 0 Å². The average molecular weight is 370 g/mol. The minimum absolute atomic E-state index is 0.275. The Morgan fingerprint density at radius 1 is 0.536 bits per heavy atom. The summed E-state index contributed by atoms with van der Waals surface area (Å²) in [6, 6.07) is 28.8. The first-order valence-electron chi connectivity index (χ1n) is 9.40. The third kappa shape index (κ3) is 3.59. The molecule has 0 bridgehead atoms. The van der Waals surface area contributed by atoms with Gasteiger partial charge in [0.05, 0.1) is 0 Å². The van der Waals surface area contributed by atoms with Crippen molar-refractivity contribution in [2.75, 3.05) is 0 Å². The molecule has 2 heteroatoms. The summed E-state index contributed by atoms with van der Waals surface area (Å²) >= 11 is 0. The molecule has 0 aromatic heterocycles. The number of aryl methyl sites for hydroxylation is 1. The number of rotatable bonds is 4. The van der Waals surface area contributed by atoms with E-state index < -0.39 is 11.6 Å². The summed E-state index contributed by atoms with van der Waals surface area (Å²) in [4.78, 5) is 0. The highest BCUT2D eigenvalue weighted by Crippen LogP contribution is 2.29. The summed E-state index contributed by atoms with van der Waals surface area (Å²) in [5.41, 5.74) is 6.75. The number of hydrogen-bond donors (Lipinski definition) is 0. The Bertz CT molecular complexity index is 1080. The van der Waals surface area contributed by atoms with Gasteiger partial charge < -0.3 is 0 Å². The van der Waals surface area contributed by atoms with E-state index in [1.165, 1.54) is 22.8 Å². The summed E-state index contributed by atoms with van der Waals surface area (Å²) in [5.74, 6) is -1.64. The lowest BCUT2D eigenvalue weighted by molar-refractivity contribution is 0.511. The normalized spacial score (nSPS) is 10.8. The maximum Gasteiger partial charge on any atom is 0.166 e. The fourth-order valence-electron chi connectivity index (χ4n) is 3.36. The van der Waals surface area contributed by atoms with Crippen molar-refractivity contribution in [2.24, 2.45) is 0 Å². The summed E-state index contributed by atoms with van der Waals surface area (Å²) in [6.07, 6.45) is 1.04. The fraction of sp³-hybridized carbons (Fsp3) is 0.0769. The van der Waals surface area contributed by atoms with Crippen molar-refractivity contribution >= 4 is 0 Å². The first kappa shape index (κ1) is 18.1.